The quantitative estimate of drug-likeness (QED) is 0.838. The van der Waals surface area contributed by atoms with Crippen LogP contribution in [0.5, 0.6) is 0 Å². The van der Waals surface area contributed by atoms with Crippen molar-refractivity contribution in [2.75, 3.05) is 7.11 Å². The van der Waals surface area contributed by atoms with Crippen molar-refractivity contribution in [3.05, 3.63) is 53.2 Å². The molecule has 1 atom stereocenters. The summed E-state index contributed by atoms with van der Waals surface area (Å²) in [5.74, 6) is -0.206. The average Bonchev–Trinajstić information content (AvgIpc) is 2.87. The maximum Gasteiger partial charge on any atom is 0.373 e. The number of pyridine rings is 1. The predicted molar refractivity (Wildman–Crippen MR) is 63.1 cm³/mol. The summed E-state index contributed by atoms with van der Waals surface area (Å²) in [6.07, 6.45) is 2.32. The Kier molecular flexibility index (Phi) is 3.43. The van der Waals surface area contributed by atoms with Crippen LogP contribution in [0, 0.1) is 6.92 Å². The minimum atomic E-state index is -0.925. The number of ether oxygens (including phenoxy) is 1. The number of aliphatic hydroxyl groups is 1. The molecule has 2 heterocycles. The first-order valence-electron chi connectivity index (χ1n) is 5.40. The van der Waals surface area contributed by atoms with Crippen LogP contribution in [0.3, 0.4) is 0 Å². The average molecular weight is 247 g/mol. The zero-order valence-electron chi connectivity index (χ0n) is 10.1. The molecule has 18 heavy (non-hydrogen) atoms. The van der Waals surface area contributed by atoms with Gasteiger partial charge in [-0.25, -0.2) is 4.79 Å². The molecule has 5 heteroatoms. The Morgan fingerprint density at radius 1 is 1.44 bits per heavy atom. The van der Waals surface area contributed by atoms with Crippen molar-refractivity contribution < 1.29 is 19.1 Å². The topological polar surface area (TPSA) is 72.6 Å². The van der Waals surface area contributed by atoms with E-state index in [2.05, 4.69) is 9.72 Å². The Bertz CT molecular complexity index is 562. The molecule has 5 nitrogen and oxygen atoms in total. The highest BCUT2D eigenvalue weighted by molar-refractivity contribution is 5.86. The van der Waals surface area contributed by atoms with Gasteiger partial charge < -0.3 is 14.3 Å². The third kappa shape index (κ3) is 2.26. The minimum Gasteiger partial charge on any atom is -0.463 e. The Balaban J connectivity index is 2.29. The van der Waals surface area contributed by atoms with Crippen molar-refractivity contribution in [2.24, 2.45) is 0 Å². The van der Waals surface area contributed by atoms with E-state index in [4.69, 9.17) is 4.42 Å². The van der Waals surface area contributed by atoms with Gasteiger partial charge >= 0.3 is 5.97 Å². The molecule has 0 fully saturated rings. The van der Waals surface area contributed by atoms with E-state index in [1.807, 2.05) is 6.92 Å². The first-order valence-corrected chi connectivity index (χ1v) is 5.40. The molecule has 0 aliphatic rings. The lowest BCUT2D eigenvalue weighted by Gasteiger charge is -2.10. The molecule has 0 aliphatic carbocycles. The molecular weight excluding hydrogens is 234 g/mol. The lowest BCUT2D eigenvalue weighted by molar-refractivity contribution is 0.0558. The number of furan rings is 1. The molecule has 0 spiro atoms. The van der Waals surface area contributed by atoms with Gasteiger partial charge in [-0.2, -0.15) is 0 Å². The van der Waals surface area contributed by atoms with Crippen LogP contribution in [0.15, 0.2) is 35.0 Å². The number of aryl methyl sites for hydroxylation is 1. The van der Waals surface area contributed by atoms with Gasteiger partial charge in [0.15, 0.2) is 0 Å². The van der Waals surface area contributed by atoms with Gasteiger partial charge in [-0.05, 0) is 36.2 Å². The SMILES string of the molecule is COC(=O)c1ccc(C(O)c2ccncc2C)o1. The molecular formula is C13H13NO4. The predicted octanol–water partition coefficient (Wildman–Crippen LogP) is 1.85. The van der Waals surface area contributed by atoms with E-state index < -0.39 is 12.1 Å². The van der Waals surface area contributed by atoms with Gasteiger partial charge in [0.2, 0.25) is 5.76 Å². The van der Waals surface area contributed by atoms with E-state index in [1.54, 1.807) is 24.5 Å². The van der Waals surface area contributed by atoms with Crippen molar-refractivity contribution in [3.8, 4) is 0 Å². The van der Waals surface area contributed by atoms with Gasteiger partial charge in [-0.3, -0.25) is 4.98 Å². The summed E-state index contributed by atoms with van der Waals surface area (Å²) < 4.78 is 9.80. The standard InChI is InChI=1S/C13H13NO4/c1-8-7-14-6-5-9(8)12(15)10-3-4-11(18-10)13(16)17-2/h3-7,12,15H,1-2H3. The maximum atomic E-state index is 11.2. The lowest BCUT2D eigenvalue weighted by atomic mass is 10.0. The summed E-state index contributed by atoms with van der Waals surface area (Å²) in [5, 5.41) is 10.2. The summed E-state index contributed by atoms with van der Waals surface area (Å²) in [7, 11) is 1.27. The number of hydrogen-bond donors (Lipinski definition) is 1. The van der Waals surface area contributed by atoms with Crippen LogP contribution >= 0.6 is 0 Å². The number of rotatable bonds is 3. The van der Waals surface area contributed by atoms with Gasteiger partial charge in [0, 0.05) is 12.4 Å². The summed E-state index contributed by atoms with van der Waals surface area (Å²) >= 11 is 0. The van der Waals surface area contributed by atoms with Crippen molar-refractivity contribution in [1.29, 1.82) is 0 Å². The monoisotopic (exact) mass is 247 g/mol. The fraction of sp³-hybridized carbons (Fsp3) is 0.231. The first kappa shape index (κ1) is 12.3. The van der Waals surface area contributed by atoms with Gasteiger partial charge in [-0.15, -0.1) is 0 Å². The van der Waals surface area contributed by atoms with Gasteiger partial charge in [0.25, 0.3) is 0 Å². The molecule has 1 N–H and O–H groups in total. The largest absolute Gasteiger partial charge is 0.463 e. The third-order valence-corrected chi connectivity index (χ3v) is 2.64. The second-order valence-electron chi connectivity index (χ2n) is 3.83. The fourth-order valence-corrected chi connectivity index (χ4v) is 1.65. The zero-order chi connectivity index (χ0) is 13.1. The van der Waals surface area contributed by atoms with Crippen molar-refractivity contribution in [2.45, 2.75) is 13.0 Å². The van der Waals surface area contributed by atoms with Crippen LogP contribution in [0.25, 0.3) is 0 Å². The fourth-order valence-electron chi connectivity index (χ4n) is 1.65. The molecule has 2 aromatic heterocycles. The van der Waals surface area contributed by atoms with Crippen LogP contribution in [0.4, 0.5) is 0 Å². The summed E-state index contributed by atoms with van der Waals surface area (Å²) in [5.41, 5.74) is 1.54. The summed E-state index contributed by atoms with van der Waals surface area (Å²) in [6.45, 7) is 1.84. The maximum absolute atomic E-state index is 11.2. The minimum absolute atomic E-state index is 0.0678. The smallest absolute Gasteiger partial charge is 0.373 e. The van der Waals surface area contributed by atoms with Crippen molar-refractivity contribution in [1.82, 2.24) is 4.98 Å². The van der Waals surface area contributed by atoms with E-state index in [0.29, 0.717) is 11.3 Å². The van der Waals surface area contributed by atoms with E-state index in [1.165, 1.54) is 13.2 Å². The van der Waals surface area contributed by atoms with Crippen molar-refractivity contribution in [3.63, 3.8) is 0 Å². The number of carbonyl (C=O) groups is 1. The van der Waals surface area contributed by atoms with Gasteiger partial charge in [0.1, 0.15) is 11.9 Å². The van der Waals surface area contributed by atoms with Crippen LogP contribution in [0.1, 0.15) is 33.5 Å². The molecule has 1 unspecified atom stereocenters. The van der Waals surface area contributed by atoms with Crippen LogP contribution in [-0.2, 0) is 4.74 Å². The lowest BCUT2D eigenvalue weighted by Crippen LogP contribution is -2.02. The van der Waals surface area contributed by atoms with E-state index in [-0.39, 0.29) is 5.76 Å². The van der Waals surface area contributed by atoms with Gasteiger partial charge in [0.05, 0.1) is 7.11 Å². The Morgan fingerprint density at radius 2 is 2.22 bits per heavy atom. The molecule has 2 aromatic rings. The Hall–Kier alpha value is -2.14. The van der Waals surface area contributed by atoms with E-state index in [9.17, 15) is 9.90 Å². The molecule has 0 saturated carbocycles. The van der Waals surface area contributed by atoms with Crippen LogP contribution in [0.2, 0.25) is 0 Å². The Morgan fingerprint density at radius 3 is 2.89 bits per heavy atom. The van der Waals surface area contributed by atoms with E-state index in [0.717, 1.165) is 5.56 Å². The number of aromatic nitrogens is 1. The van der Waals surface area contributed by atoms with Crippen LogP contribution < -0.4 is 0 Å². The molecule has 0 amide bonds. The molecule has 0 radical (unpaired) electrons. The number of aliphatic hydroxyl groups excluding tert-OH is 1. The molecule has 0 bridgehead atoms. The Labute approximate surface area is 104 Å². The number of esters is 1. The van der Waals surface area contributed by atoms with Crippen molar-refractivity contribution >= 4 is 5.97 Å². The molecule has 0 aliphatic heterocycles. The number of hydrogen-bond acceptors (Lipinski definition) is 5. The zero-order valence-corrected chi connectivity index (χ0v) is 10.1. The van der Waals surface area contributed by atoms with Gasteiger partial charge in [-0.1, -0.05) is 0 Å². The molecule has 0 aromatic carbocycles. The van der Waals surface area contributed by atoms with E-state index >= 15 is 0 Å². The number of methoxy groups -OCH3 is 1. The number of carbonyl (C=O) groups excluding carboxylic acids is 1. The molecule has 0 saturated heterocycles. The molecule has 94 valence electrons. The highest BCUT2D eigenvalue weighted by Gasteiger charge is 2.19. The second-order valence-corrected chi connectivity index (χ2v) is 3.83. The molecule has 2 rings (SSSR count). The highest BCUT2D eigenvalue weighted by atomic mass is 16.5. The normalized spacial score (nSPS) is 12.2. The first-order chi connectivity index (χ1) is 8.63. The highest BCUT2D eigenvalue weighted by Crippen LogP contribution is 2.25. The number of nitrogens with zero attached hydrogens (tertiary/aromatic N) is 1. The van der Waals surface area contributed by atoms with Crippen LogP contribution in [-0.4, -0.2) is 23.2 Å². The third-order valence-electron chi connectivity index (χ3n) is 2.64. The second kappa shape index (κ2) is 5.01. The summed E-state index contributed by atoms with van der Waals surface area (Å²) in [6, 6.07) is 4.73. The summed E-state index contributed by atoms with van der Waals surface area (Å²) in [4.78, 5) is 15.2.